The van der Waals surface area contributed by atoms with Gasteiger partial charge in [-0.3, -0.25) is 14.9 Å². The predicted molar refractivity (Wildman–Crippen MR) is 89.4 cm³/mol. The minimum absolute atomic E-state index is 0.0469. The van der Waals surface area contributed by atoms with E-state index in [0.717, 1.165) is 0 Å². The summed E-state index contributed by atoms with van der Waals surface area (Å²) in [6, 6.07) is 7.25. The Labute approximate surface area is 146 Å². The summed E-state index contributed by atoms with van der Waals surface area (Å²) in [5.74, 6) is -0.429. The van der Waals surface area contributed by atoms with Crippen LogP contribution in [0.15, 0.2) is 30.3 Å². The van der Waals surface area contributed by atoms with Crippen molar-refractivity contribution in [2.45, 2.75) is 0 Å². The fourth-order valence-electron chi connectivity index (χ4n) is 1.85. The van der Waals surface area contributed by atoms with Crippen LogP contribution in [0.5, 0.6) is 11.5 Å². The number of hydrogen-bond acceptors (Lipinski definition) is 8. The molecule has 2 aromatic rings. The van der Waals surface area contributed by atoms with Crippen LogP contribution in [-0.2, 0) is 9.53 Å². The van der Waals surface area contributed by atoms with Gasteiger partial charge in [-0.1, -0.05) is 11.3 Å². The lowest BCUT2D eigenvalue weighted by molar-refractivity contribution is -0.380. The highest BCUT2D eigenvalue weighted by Gasteiger charge is 2.17. The summed E-state index contributed by atoms with van der Waals surface area (Å²) < 4.78 is 15.0. The van der Waals surface area contributed by atoms with Gasteiger partial charge in [-0.15, -0.1) is 0 Å². The molecule has 0 saturated carbocycles. The third-order valence-electron chi connectivity index (χ3n) is 2.97. The Kier molecular flexibility index (Phi) is 5.90. The molecule has 1 N–H and O–H groups in total. The number of rotatable bonds is 7. The molecule has 0 bridgehead atoms. The van der Waals surface area contributed by atoms with Crippen LogP contribution in [-0.4, -0.2) is 37.6 Å². The average molecular weight is 366 g/mol. The maximum absolute atomic E-state index is 11.9. The molecule has 0 unspecified atom stereocenters. The number of ether oxygens (including phenoxy) is 3. The third-order valence-corrected chi connectivity index (χ3v) is 3.99. The SMILES string of the molecule is COc1ccc(NC(=O)COC(=O)c2ccc([N+](=O)[O-])s2)cc1OC. The molecule has 10 heteroatoms. The molecule has 25 heavy (non-hydrogen) atoms. The Hall–Kier alpha value is -3.14. The summed E-state index contributed by atoms with van der Waals surface area (Å²) >= 11 is 0.678. The van der Waals surface area contributed by atoms with E-state index in [1.165, 1.54) is 26.4 Å². The van der Waals surface area contributed by atoms with E-state index in [1.807, 2.05) is 0 Å². The first-order chi connectivity index (χ1) is 11.9. The first-order valence-electron chi connectivity index (χ1n) is 6.88. The van der Waals surface area contributed by atoms with Crippen LogP contribution in [0.3, 0.4) is 0 Å². The summed E-state index contributed by atoms with van der Waals surface area (Å²) in [7, 11) is 2.95. The maximum atomic E-state index is 11.9. The first-order valence-corrected chi connectivity index (χ1v) is 7.69. The Morgan fingerprint density at radius 1 is 1.16 bits per heavy atom. The van der Waals surface area contributed by atoms with E-state index in [1.54, 1.807) is 18.2 Å². The molecule has 9 nitrogen and oxygen atoms in total. The maximum Gasteiger partial charge on any atom is 0.349 e. The monoisotopic (exact) mass is 366 g/mol. The van der Waals surface area contributed by atoms with Crippen LogP contribution < -0.4 is 14.8 Å². The fourth-order valence-corrected chi connectivity index (χ4v) is 2.56. The molecule has 1 heterocycles. The van der Waals surface area contributed by atoms with Gasteiger partial charge in [-0.25, -0.2) is 4.79 Å². The largest absolute Gasteiger partial charge is 0.493 e. The molecule has 132 valence electrons. The van der Waals surface area contributed by atoms with Gasteiger partial charge >= 0.3 is 11.0 Å². The smallest absolute Gasteiger partial charge is 0.349 e. The quantitative estimate of drug-likeness (QED) is 0.454. The summed E-state index contributed by atoms with van der Waals surface area (Å²) in [6.45, 7) is -0.529. The van der Waals surface area contributed by atoms with Gasteiger partial charge in [-0.2, -0.15) is 0 Å². The van der Waals surface area contributed by atoms with Crippen molar-refractivity contribution in [2.24, 2.45) is 0 Å². The van der Waals surface area contributed by atoms with E-state index in [4.69, 9.17) is 14.2 Å². The highest BCUT2D eigenvalue weighted by molar-refractivity contribution is 7.17. The highest BCUT2D eigenvalue weighted by atomic mass is 32.1. The average Bonchev–Trinajstić information content (AvgIpc) is 3.10. The van der Waals surface area contributed by atoms with Gasteiger partial charge in [0.1, 0.15) is 4.88 Å². The molecule has 0 aliphatic heterocycles. The van der Waals surface area contributed by atoms with E-state index >= 15 is 0 Å². The molecular formula is C15H14N2O7S. The third kappa shape index (κ3) is 4.67. The van der Waals surface area contributed by atoms with Crippen LogP contribution in [0.25, 0.3) is 0 Å². The molecular weight excluding hydrogens is 352 g/mol. The normalized spacial score (nSPS) is 10.0. The van der Waals surface area contributed by atoms with E-state index in [0.29, 0.717) is 28.5 Å². The number of anilines is 1. The molecule has 0 spiro atoms. The van der Waals surface area contributed by atoms with Gasteiger partial charge in [0.2, 0.25) is 0 Å². The number of nitro groups is 1. The molecule has 0 aliphatic carbocycles. The van der Waals surface area contributed by atoms with E-state index in [-0.39, 0.29) is 9.88 Å². The second kappa shape index (κ2) is 8.11. The summed E-state index contributed by atoms with van der Waals surface area (Å²) in [5.41, 5.74) is 0.436. The fraction of sp³-hybridized carbons (Fsp3) is 0.200. The summed E-state index contributed by atoms with van der Waals surface area (Å²) in [4.78, 5) is 33.6. The number of carbonyl (C=O) groups excluding carboxylic acids is 2. The Morgan fingerprint density at radius 3 is 2.48 bits per heavy atom. The number of esters is 1. The second-order valence-electron chi connectivity index (χ2n) is 4.59. The van der Waals surface area contributed by atoms with Crippen LogP contribution in [0.4, 0.5) is 10.7 Å². The van der Waals surface area contributed by atoms with Gasteiger partial charge < -0.3 is 19.5 Å². The highest BCUT2D eigenvalue weighted by Crippen LogP contribution is 2.29. The predicted octanol–water partition coefficient (Wildman–Crippen LogP) is 2.47. The molecule has 2 rings (SSSR count). The van der Waals surface area contributed by atoms with Crippen molar-refractivity contribution in [1.82, 2.24) is 0 Å². The molecule has 1 amide bonds. The molecule has 1 aromatic carbocycles. The second-order valence-corrected chi connectivity index (χ2v) is 5.65. The van der Waals surface area contributed by atoms with Gasteiger partial charge in [0.25, 0.3) is 5.91 Å². The summed E-state index contributed by atoms with van der Waals surface area (Å²) in [6.07, 6.45) is 0. The van der Waals surface area contributed by atoms with Gasteiger partial charge in [0.15, 0.2) is 18.1 Å². The number of nitrogens with one attached hydrogen (secondary N) is 1. The Bertz CT molecular complexity index is 803. The number of carbonyl (C=O) groups is 2. The zero-order valence-electron chi connectivity index (χ0n) is 13.3. The number of thiophene rings is 1. The van der Waals surface area contributed by atoms with Crippen molar-refractivity contribution >= 4 is 33.9 Å². The molecule has 1 aromatic heterocycles. The number of amides is 1. The van der Waals surface area contributed by atoms with Crippen molar-refractivity contribution in [3.63, 3.8) is 0 Å². The van der Waals surface area contributed by atoms with Crippen LogP contribution in [0.2, 0.25) is 0 Å². The topological polar surface area (TPSA) is 117 Å². The Balaban J connectivity index is 1.91. The molecule has 0 radical (unpaired) electrons. The molecule has 0 fully saturated rings. The van der Waals surface area contributed by atoms with Crippen molar-refractivity contribution in [1.29, 1.82) is 0 Å². The number of methoxy groups -OCH3 is 2. The van der Waals surface area contributed by atoms with Crippen molar-refractivity contribution in [2.75, 3.05) is 26.1 Å². The number of hydrogen-bond donors (Lipinski definition) is 1. The van der Waals surface area contributed by atoms with Crippen molar-refractivity contribution in [3.8, 4) is 11.5 Å². The first kappa shape index (κ1) is 18.2. The number of benzene rings is 1. The molecule has 0 atom stereocenters. The minimum atomic E-state index is -0.805. The lowest BCUT2D eigenvalue weighted by atomic mass is 10.2. The van der Waals surface area contributed by atoms with Crippen LogP contribution >= 0.6 is 11.3 Å². The minimum Gasteiger partial charge on any atom is -0.493 e. The Morgan fingerprint density at radius 2 is 1.88 bits per heavy atom. The standard InChI is InChI=1S/C15H14N2O7S/c1-22-10-4-3-9(7-11(10)23-2)16-13(18)8-24-15(19)12-5-6-14(25-12)17(20)21/h3-7H,8H2,1-2H3,(H,16,18). The zero-order valence-corrected chi connectivity index (χ0v) is 14.1. The molecule has 0 saturated heterocycles. The van der Waals surface area contributed by atoms with Gasteiger partial charge in [0, 0.05) is 17.8 Å². The zero-order chi connectivity index (χ0) is 18.4. The number of nitrogens with zero attached hydrogens (tertiary/aromatic N) is 1. The van der Waals surface area contributed by atoms with Crippen LogP contribution in [0.1, 0.15) is 9.67 Å². The van der Waals surface area contributed by atoms with E-state index in [9.17, 15) is 19.7 Å². The van der Waals surface area contributed by atoms with Gasteiger partial charge in [0.05, 0.1) is 19.1 Å². The lowest BCUT2D eigenvalue weighted by Crippen LogP contribution is -2.20. The van der Waals surface area contributed by atoms with E-state index < -0.39 is 23.4 Å². The summed E-state index contributed by atoms with van der Waals surface area (Å²) in [5, 5.41) is 12.9. The molecule has 0 aliphatic rings. The van der Waals surface area contributed by atoms with Crippen molar-refractivity contribution < 1.29 is 28.7 Å². The van der Waals surface area contributed by atoms with Gasteiger partial charge in [-0.05, 0) is 18.2 Å². The van der Waals surface area contributed by atoms with E-state index in [2.05, 4.69) is 5.32 Å². The van der Waals surface area contributed by atoms with Crippen molar-refractivity contribution in [3.05, 3.63) is 45.3 Å². The van der Waals surface area contributed by atoms with Crippen LogP contribution in [0, 0.1) is 10.1 Å². The lowest BCUT2D eigenvalue weighted by Gasteiger charge is -2.10.